The highest BCUT2D eigenvalue weighted by atomic mass is 16.5. The first-order valence-electron chi connectivity index (χ1n) is 6.38. The van der Waals surface area contributed by atoms with Gasteiger partial charge in [0.05, 0.1) is 13.2 Å². The lowest BCUT2D eigenvalue weighted by Crippen LogP contribution is -2.60. The van der Waals surface area contributed by atoms with Crippen molar-refractivity contribution in [1.29, 1.82) is 0 Å². The molecule has 106 valence electrons. The van der Waals surface area contributed by atoms with E-state index in [2.05, 4.69) is 5.32 Å². The summed E-state index contributed by atoms with van der Waals surface area (Å²) in [7, 11) is 0. The molecule has 2 amide bonds. The normalized spacial score (nSPS) is 18.7. The van der Waals surface area contributed by atoms with Gasteiger partial charge in [0.15, 0.2) is 0 Å². The molecule has 6 heteroatoms. The van der Waals surface area contributed by atoms with Gasteiger partial charge in [-0.2, -0.15) is 0 Å². The predicted octanol–water partition coefficient (Wildman–Crippen LogP) is 0.390. The van der Waals surface area contributed by atoms with Crippen molar-refractivity contribution in [3.05, 3.63) is 29.8 Å². The lowest BCUT2D eigenvalue weighted by atomic mass is 10.1. The Morgan fingerprint density at radius 3 is 2.60 bits per heavy atom. The highest BCUT2D eigenvalue weighted by Crippen LogP contribution is 2.18. The number of aryl methyl sites for hydroxylation is 1. The van der Waals surface area contributed by atoms with E-state index >= 15 is 0 Å². The zero-order valence-corrected chi connectivity index (χ0v) is 11.4. The topological polar surface area (TPSA) is 75.7 Å². The van der Waals surface area contributed by atoms with Gasteiger partial charge >= 0.3 is 17.8 Å². The van der Waals surface area contributed by atoms with Crippen molar-refractivity contribution in [1.82, 2.24) is 5.32 Å². The van der Waals surface area contributed by atoms with Crippen molar-refractivity contribution >= 4 is 23.5 Å². The van der Waals surface area contributed by atoms with Crippen LogP contribution in [0, 0.1) is 6.92 Å². The number of amides is 2. The zero-order valence-electron chi connectivity index (χ0n) is 11.4. The van der Waals surface area contributed by atoms with Crippen LogP contribution in [0.5, 0.6) is 0 Å². The van der Waals surface area contributed by atoms with Crippen LogP contribution in [-0.4, -0.2) is 37.0 Å². The van der Waals surface area contributed by atoms with Crippen molar-refractivity contribution in [2.24, 2.45) is 0 Å². The summed E-state index contributed by atoms with van der Waals surface area (Å²) in [4.78, 5) is 36.6. The Bertz CT molecular complexity index is 539. The lowest BCUT2D eigenvalue weighted by molar-refractivity contribution is -0.149. The number of rotatable bonds is 3. The molecule has 1 aliphatic rings. The van der Waals surface area contributed by atoms with Crippen LogP contribution in [0.1, 0.15) is 12.5 Å². The Morgan fingerprint density at radius 2 is 2.00 bits per heavy atom. The molecular formula is C14H16N2O4. The second-order valence-corrected chi connectivity index (χ2v) is 4.53. The fraction of sp³-hybridized carbons (Fsp3) is 0.357. The van der Waals surface area contributed by atoms with E-state index in [9.17, 15) is 14.4 Å². The largest absolute Gasteiger partial charge is 0.464 e. The summed E-state index contributed by atoms with van der Waals surface area (Å²) in [6, 6.07) is 6.34. The van der Waals surface area contributed by atoms with Crippen LogP contribution in [0.4, 0.5) is 5.69 Å². The third-order valence-electron chi connectivity index (χ3n) is 3.03. The third kappa shape index (κ3) is 2.79. The van der Waals surface area contributed by atoms with Gasteiger partial charge in [0.25, 0.3) is 0 Å². The SMILES string of the molecule is CCOC(=O)[C@H]1CN(c2ccc(C)cc2)C(=O)C(=O)N1. The number of esters is 1. The number of nitrogens with one attached hydrogen (secondary N) is 1. The van der Waals surface area contributed by atoms with Crippen LogP contribution >= 0.6 is 0 Å². The summed E-state index contributed by atoms with van der Waals surface area (Å²) < 4.78 is 4.88. The van der Waals surface area contributed by atoms with E-state index in [1.807, 2.05) is 19.1 Å². The van der Waals surface area contributed by atoms with Crippen LogP contribution in [0.3, 0.4) is 0 Å². The number of hydrogen-bond acceptors (Lipinski definition) is 4. The minimum absolute atomic E-state index is 0.0759. The quantitative estimate of drug-likeness (QED) is 0.640. The number of carbonyl (C=O) groups is 3. The van der Waals surface area contributed by atoms with E-state index in [1.54, 1.807) is 19.1 Å². The van der Waals surface area contributed by atoms with Crippen molar-refractivity contribution < 1.29 is 19.1 Å². The predicted molar refractivity (Wildman–Crippen MR) is 72.1 cm³/mol. The van der Waals surface area contributed by atoms with Gasteiger partial charge < -0.3 is 15.0 Å². The number of ether oxygens (including phenoxy) is 1. The van der Waals surface area contributed by atoms with E-state index in [0.29, 0.717) is 5.69 Å². The molecule has 1 aromatic rings. The fourth-order valence-corrected chi connectivity index (χ4v) is 1.98. The van der Waals surface area contributed by atoms with Crippen LogP contribution in [0.15, 0.2) is 24.3 Å². The molecule has 0 saturated carbocycles. The first kappa shape index (κ1) is 14.0. The lowest BCUT2D eigenvalue weighted by Gasteiger charge is -2.31. The molecule has 0 unspecified atom stereocenters. The number of benzene rings is 1. The first-order valence-corrected chi connectivity index (χ1v) is 6.38. The molecule has 20 heavy (non-hydrogen) atoms. The molecule has 1 fully saturated rings. The number of hydrogen-bond donors (Lipinski definition) is 1. The van der Waals surface area contributed by atoms with E-state index < -0.39 is 23.8 Å². The molecule has 1 aliphatic heterocycles. The Hall–Kier alpha value is -2.37. The summed E-state index contributed by atoms with van der Waals surface area (Å²) >= 11 is 0. The van der Waals surface area contributed by atoms with E-state index in [0.717, 1.165) is 5.56 Å². The third-order valence-corrected chi connectivity index (χ3v) is 3.03. The van der Waals surface area contributed by atoms with Crippen molar-refractivity contribution in [3.63, 3.8) is 0 Å². The van der Waals surface area contributed by atoms with Crippen LogP contribution in [0.25, 0.3) is 0 Å². The standard InChI is InChI=1S/C14H16N2O4/c1-3-20-14(19)11-8-16(13(18)12(17)15-11)10-6-4-9(2)5-7-10/h4-7,11H,3,8H2,1-2H3,(H,15,17)/t11-/m1/s1. The van der Waals surface area contributed by atoms with Gasteiger partial charge in [0.1, 0.15) is 6.04 Å². The molecule has 1 N–H and O–H groups in total. The van der Waals surface area contributed by atoms with Gasteiger partial charge in [-0.25, -0.2) is 4.79 Å². The van der Waals surface area contributed by atoms with Gasteiger partial charge in [-0.05, 0) is 26.0 Å². The Kier molecular flexibility index (Phi) is 4.02. The van der Waals surface area contributed by atoms with Gasteiger partial charge in [-0.3, -0.25) is 9.59 Å². The Morgan fingerprint density at radius 1 is 1.35 bits per heavy atom. The maximum absolute atomic E-state index is 11.9. The van der Waals surface area contributed by atoms with Crippen LogP contribution in [-0.2, 0) is 19.1 Å². The van der Waals surface area contributed by atoms with E-state index in [-0.39, 0.29) is 13.2 Å². The molecule has 1 aromatic carbocycles. The number of anilines is 1. The summed E-state index contributed by atoms with van der Waals surface area (Å²) in [5.41, 5.74) is 1.63. The molecule has 0 bridgehead atoms. The van der Waals surface area contributed by atoms with E-state index in [1.165, 1.54) is 4.90 Å². The molecular weight excluding hydrogens is 260 g/mol. The minimum Gasteiger partial charge on any atom is -0.464 e. The molecule has 0 radical (unpaired) electrons. The number of nitrogens with zero attached hydrogens (tertiary/aromatic N) is 1. The number of carbonyl (C=O) groups excluding carboxylic acids is 3. The monoisotopic (exact) mass is 276 g/mol. The Balaban J connectivity index is 2.22. The van der Waals surface area contributed by atoms with Crippen LogP contribution in [0.2, 0.25) is 0 Å². The average molecular weight is 276 g/mol. The first-order chi connectivity index (χ1) is 9.52. The molecule has 1 saturated heterocycles. The second kappa shape index (κ2) is 5.73. The van der Waals surface area contributed by atoms with Crippen molar-refractivity contribution in [2.75, 3.05) is 18.1 Å². The molecule has 0 aliphatic carbocycles. The molecule has 0 spiro atoms. The second-order valence-electron chi connectivity index (χ2n) is 4.53. The smallest absolute Gasteiger partial charge is 0.330 e. The van der Waals surface area contributed by atoms with Crippen molar-refractivity contribution in [2.45, 2.75) is 19.9 Å². The van der Waals surface area contributed by atoms with Crippen molar-refractivity contribution in [3.8, 4) is 0 Å². The van der Waals surface area contributed by atoms with Crippen LogP contribution < -0.4 is 10.2 Å². The highest BCUT2D eigenvalue weighted by molar-refractivity contribution is 6.41. The highest BCUT2D eigenvalue weighted by Gasteiger charge is 2.37. The molecule has 0 aromatic heterocycles. The molecule has 6 nitrogen and oxygen atoms in total. The maximum Gasteiger partial charge on any atom is 0.330 e. The van der Waals surface area contributed by atoms with Gasteiger partial charge in [0.2, 0.25) is 0 Å². The van der Waals surface area contributed by atoms with Gasteiger partial charge in [0, 0.05) is 5.69 Å². The summed E-state index contributed by atoms with van der Waals surface area (Å²) in [5.74, 6) is -2.00. The zero-order chi connectivity index (χ0) is 14.7. The van der Waals surface area contributed by atoms with Gasteiger partial charge in [-0.1, -0.05) is 17.7 Å². The molecule has 2 rings (SSSR count). The Labute approximate surface area is 116 Å². The maximum atomic E-state index is 11.9. The molecule has 1 atom stereocenters. The van der Waals surface area contributed by atoms with E-state index in [4.69, 9.17) is 4.74 Å². The average Bonchev–Trinajstić information content (AvgIpc) is 2.43. The molecule has 1 heterocycles. The fourth-order valence-electron chi connectivity index (χ4n) is 1.98. The van der Waals surface area contributed by atoms with Gasteiger partial charge in [-0.15, -0.1) is 0 Å². The summed E-state index contributed by atoms with van der Waals surface area (Å²) in [6.07, 6.45) is 0. The number of piperazine rings is 1. The summed E-state index contributed by atoms with van der Waals surface area (Å²) in [5, 5.41) is 2.36. The summed E-state index contributed by atoms with van der Waals surface area (Å²) in [6.45, 7) is 3.91. The minimum atomic E-state index is -0.832.